The molecule has 146 valence electrons. The summed E-state index contributed by atoms with van der Waals surface area (Å²) in [6, 6.07) is 23.5. The molecule has 1 N–H and O–H groups in total. The molecule has 0 aliphatic heterocycles. The maximum Gasteiger partial charge on any atom is 0.340 e. The van der Waals surface area contributed by atoms with Gasteiger partial charge in [-0.3, -0.25) is 4.79 Å². The molecule has 0 saturated heterocycles. The van der Waals surface area contributed by atoms with Crippen molar-refractivity contribution < 1.29 is 19.1 Å². The van der Waals surface area contributed by atoms with Crippen molar-refractivity contribution in [2.75, 3.05) is 12.4 Å². The van der Waals surface area contributed by atoms with Gasteiger partial charge in [0.25, 0.3) is 0 Å². The minimum absolute atomic E-state index is 0.166. The van der Waals surface area contributed by atoms with Crippen LogP contribution in [0.3, 0.4) is 0 Å². The monoisotopic (exact) mass is 387 g/mol. The fourth-order valence-corrected chi connectivity index (χ4v) is 2.63. The van der Waals surface area contributed by atoms with Crippen molar-refractivity contribution in [2.24, 2.45) is 0 Å². The number of benzene rings is 3. The Labute approximate surface area is 169 Å². The Morgan fingerprint density at radius 3 is 2.31 bits per heavy atom. The van der Waals surface area contributed by atoms with Crippen LogP contribution >= 0.6 is 0 Å². The first-order chi connectivity index (χ1) is 14.2. The first-order valence-electron chi connectivity index (χ1n) is 9.09. The standard InChI is InChI=1S/C24H21NO4/c1-28-20-14-11-18(12-15-20)13-16-23(26)25-22-10-6-5-9-21(22)24(27)29-17-19-7-3-2-4-8-19/h2-16H,17H2,1H3,(H,25,26)/b16-13+. The first-order valence-corrected chi connectivity index (χ1v) is 9.09. The summed E-state index contributed by atoms with van der Waals surface area (Å²) in [6.45, 7) is 0.166. The third kappa shape index (κ3) is 5.81. The van der Waals surface area contributed by atoms with E-state index < -0.39 is 5.97 Å². The van der Waals surface area contributed by atoms with Crippen LogP contribution in [-0.2, 0) is 16.1 Å². The van der Waals surface area contributed by atoms with Gasteiger partial charge in [-0.2, -0.15) is 0 Å². The summed E-state index contributed by atoms with van der Waals surface area (Å²) < 4.78 is 10.5. The van der Waals surface area contributed by atoms with Gasteiger partial charge in [-0.05, 0) is 41.5 Å². The summed E-state index contributed by atoms with van der Waals surface area (Å²) in [5.74, 6) is -0.0949. The van der Waals surface area contributed by atoms with Crippen LogP contribution in [0.5, 0.6) is 5.75 Å². The second-order valence-corrected chi connectivity index (χ2v) is 6.20. The third-order valence-electron chi connectivity index (χ3n) is 4.16. The Kier molecular flexibility index (Phi) is 6.79. The predicted molar refractivity (Wildman–Crippen MR) is 113 cm³/mol. The molecule has 0 unspecified atom stereocenters. The predicted octanol–water partition coefficient (Wildman–Crippen LogP) is 4.70. The van der Waals surface area contributed by atoms with Crippen LogP contribution < -0.4 is 10.1 Å². The topological polar surface area (TPSA) is 64.6 Å². The highest BCUT2D eigenvalue weighted by molar-refractivity contribution is 6.06. The average molecular weight is 387 g/mol. The van der Waals surface area contributed by atoms with Crippen LogP contribution in [0.4, 0.5) is 5.69 Å². The summed E-state index contributed by atoms with van der Waals surface area (Å²) in [5.41, 5.74) is 2.45. The van der Waals surface area contributed by atoms with Gasteiger partial charge in [-0.15, -0.1) is 0 Å². The van der Waals surface area contributed by atoms with E-state index in [2.05, 4.69) is 5.32 Å². The zero-order chi connectivity index (χ0) is 20.5. The van der Waals surface area contributed by atoms with Crippen molar-refractivity contribution in [1.29, 1.82) is 0 Å². The molecule has 29 heavy (non-hydrogen) atoms. The Bertz CT molecular complexity index is 995. The van der Waals surface area contributed by atoms with Crippen molar-refractivity contribution in [3.05, 3.63) is 102 Å². The second-order valence-electron chi connectivity index (χ2n) is 6.20. The van der Waals surface area contributed by atoms with Crippen molar-refractivity contribution >= 4 is 23.6 Å². The van der Waals surface area contributed by atoms with Crippen LogP contribution in [0.1, 0.15) is 21.5 Å². The molecular formula is C24H21NO4. The highest BCUT2D eigenvalue weighted by Crippen LogP contribution is 2.18. The average Bonchev–Trinajstić information content (AvgIpc) is 2.77. The van der Waals surface area contributed by atoms with E-state index in [0.717, 1.165) is 16.9 Å². The molecule has 5 heteroatoms. The van der Waals surface area contributed by atoms with Crippen LogP contribution in [-0.4, -0.2) is 19.0 Å². The number of carbonyl (C=O) groups is 2. The largest absolute Gasteiger partial charge is 0.497 e. The molecule has 0 bridgehead atoms. The van der Waals surface area contributed by atoms with E-state index in [9.17, 15) is 9.59 Å². The van der Waals surface area contributed by atoms with Gasteiger partial charge in [-0.25, -0.2) is 4.79 Å². The zero-order valence-electron chi connectivity index (χ0n) is 16.0. The normalized spacial score (nSPS) is 10.5. The van der Waals surface area contributed by atoms with Gasteiger partial charge in [-0.1, -0.05) is 54.6 Å². The van der Waals surface area contributed by atoms with Gasteiger partial charge >= 0.3 is 5.97 Å². The van der Waals surface area contributed by atoms with E-state index in [1.54, 1.807) is 37.5 Å². The molecule has 0 saturated carbocycles. The number of esters is 1. The molecule has 3 aromatic carbocycles. The first kappa shape index (κ1) is 19.9. The summed E-state index contributed by atoms with van der Waals surface area (Å²) in [4.78, 5) is 24.7. The Morgan fingerprint density at radius 1 is 0.897 bits per heavy atom. The Morgan fingerprint density at radius 2 is 1.59 bits per heavy atom. The van der Waals surface area contributed by atoms with Crippen LogP contribution in [0.2, 0.25) is 0 Å². The molecule has 0 atom stereocenters. The quantitative estimate of drug-likeness (QED) is 0.471. The molecule has 0 heterocycles. The van der Waals surface area contributed by atoms with Crippen LogP contribution in [0, 0.1) is 0 Å². The van der Waals surface area contributed by atoms with E-state index in [4.69, 9.17) is 9.47 Å². The number of nitrogens with one attached hydrogen (secondary N) is 1. The second kappa shape index (κ2) is 9.90. The van der Waals surface area contributed by atoms with Gasteiger partial charge in [0.05, 0.1) is 18.4 Å². The lowest BCUT2D eigenvalue weighted by Gasteiger charge is -2.10. The summed E-state index contributed by atoms with van der Waals surface area (Å²) in [6.07, 6.45) is 3.10. The molecule has 0 radical (unpaired) electrons. The minimum Gasteiger partial charge on any atom is -0.497 e. The van der Waals surface area contributed by atoms with E-state index in [1.807, 2.05) is 54.6 Å². The molecule has 0 fully saturated rings. The number of hydrogen-bond acceptors (Lipinski definition) is 4. The van der Waals surface area contributed by atoms with Gasteiger partial charge in [0.15, 0.2) is 0 Å². The fourth-order valence-electron chi connectivity index (χ4n) is 2.63. The van der Waals surface area contributed by atoms with Crippen LogP contribution in [0.15, 0.2) is 84.9 Å². The molecular weight excluding hydrogens is 366 g/mol. The lowest BCUT2D eigenvalue weighted by atomic mass is 10.1. The van der Waals surface area contributed by atoms with Gasteiger partial charge < -0.3 is 14.8 Å². The van der Waals surface area contributed by atoms with Gasteiger partial charge in [0.1, 0.15) is 12.4 Å². The number of para-hydroxylation sites is 1. The number of rotatable bonds is 7. The van der Waals surface area contributed by atoms with E-state index in [1.165, 1.54) is 6.08 Å². The van der Waals surface area contributed by atoms with E-state index in [-0.39, 0.29) is 12.5 Å². The highest BCUT2D eigenvalue weighted by Gasteiger charge is 2.13. The van der Waals surface area contributed by atoms with Crippen molar-refractivity contribution in [3.63, 3.8) is 0 Å². The van der Waals surface area contributed by atoms with Crippen molar-refractivity contribution in [1.82, 2.24) is 0 Å². The summed E-state index contributed by atoms with van der Waals surface area (Å²) in [7, 11) is 1.60. The molecule has 0 aliphatic carbocycles. The Hall–Kier alpha value is -3.86. The molecule has 1 amide bonds. The SMILES string of the molecule is COc1ccc(/C=C/C(=O)Nc2ccccc2C(=O)OCc2ccccc2)cc1. The minimum atomic E-state index is -0.496. The van der Waals surface area contributed by atoms with Crippen molar-refractivity contribution in [2.45, 2.75) is 6.61 Å². The third-order valence-corrected chi connectivity index (χ3v) is 4.16. The fraction of sp³-hybridized carbons (Fsp3) is 0.0833. The number of amides is 1. The van der Waals surface area contributed by atoms with Gasteiger partial charge in [0.2, 0.25) is 5.91 Å². The molecule has 0 aromatic heterocycles. The van der Waals surface area contributed by atoms with E-state index in [0.29, 0.717) is 11.3 Å². The van der Waals surface area contributed by atoms with E-state index >= 15 is 0 Å². The molecule has 5 nitrogen and oxygen atoms in total. The lowest BCUT2D eigenvalue weighted by molar-refractivity contribution is -0.111. The van der Waals surface area contributed by atoms with Crippen LogP contribution in [0.25, 0.3) is 6.08 Å². The maximum atomic E-state index is 12.5. The number of hydrogen-bond donors (Lipinski definition) is 1. The lowest BCUT2D eigenvalue weighted by Crippen LogP contribution is -2.13. The number of carbonyl (C=O) groups excluding carboxylic acids is 2. The number of ether oxygens (including phenoxy) is 2. The number of anilines is 1. The van der Waals surface area contributed by atoms with Gasteiger partial charge in [0, 0.05) is 6.08 Å². The molecule has 3 rings (SSSR count). The highest BCUT2D eigenvalue weighted by atomic mass is 16.5. The number of methoxy groups -OCH3 is 1. The summed E-state index contributed by atoms with van der Waals surface area (Å²) >= 11 is 0. The molecule has 0 aliphatic rings. The zero-order valence-corrected chi connectivity index (χ0v) is 16.0. The summed E-state index contributed by atoms with van der Waals surface area (Å²) in [5, 5.41) is 2.73. The molecule has 3 aromatic rings. The molecule has 0 spiro atoms. The maximum absolute atomic E-state index is 12.5. The Balaban J connectivity index is 1.63. The smallest absolute Gasteiger partial charge is 0.340 e. The van der Waals surface area contributed by atoms with Crippen molar-refractivity contribution in [3.8, 4) is 5.75 Å².